The fraction of sp³-hybridized carbons (Fsp3) is 0.929. The Labute approximate surface area is 99.8 Å². The summed E-state index contributed by atoms with van der Waals surface area (Å²) < 4.78 is 5.37. The molecular weight excluding hydrogens is 200 g/mol. The average Bonchev–Trinajstić information content (AvgIpc) is 2.27. The van der Waals surface area contributed by atoms with E-state index in [-0.39, 0.29) is 5.60 Å². The zero-order chi connectivity index (χ0) is 12.2. The van der Waals surface area contributed by atoms with Crippen LogP contribution in [0.15, 0.2) is 0 Å². The lowest BCUT2D eigenvalue weighted by molar-refractivity contribution is -0.0548. The summed E-state index contributed by atoms with van der Waals surface area (Å²) >= 11 is 0. The number of ether oxygens (including phenoxy) is 1. The average molecular weight is 225 g/mol. The molecule has 3 atom stereocenters. The minimum absolute atomic E-state index is 0.263. The number of rotatable bonds is 5. The SMILES string of the molecule is CCC(CC)(O[C]=O)C1CCC(C)CC1C. The Bertz CT molecular complexity index is 221. The van der Waals surface area contributed by atoms with E-state index in [1.807, 2.05) is 0 Å². The van der Waals surface area contributed by atoms with Crippen LogP contribution in [0, 0.1) is 17.8 Å². The normalized spacial score (nSPS) is 31.1. The number of carbonyl (C=O) groups excluding carboxylic acids is 1. The molecule has 16 heavy (non-hydrogen) atoms. The van der Waals surface area contributed by atoms with E-state index in [9.17, 15) is 4.79 Å². The van der Waals surface area contributed by atoms with E-state index >= 15 is 0 Å². The van der Waals surface area contributed by atoms with E-state index in [1.54, 1.807) is 6.47 Å². The highest BCUT2D eigenvalue weighted by Gasteiger charge is 2.42. The Kier molecular flexibility index (Phi) is 4.82. The van der Waals surface area contributed by atoms with Crippen molar-refractivity contribution in [1.82, 2.24) is 0 Å². The van der Waals surface area contributed by atoms with Gasteiger partial charge in [0.05, 0.1) is 0 Å². The summed E-state index contributed by atoms with van der Waals surface area (Å²) in [6.07, 6.45) is 5.52. The molecule has 1 rings (SSSR count). The number of hydrogen-bond donors (Lipinski definition) is 0. The third-order valence-electron chi connectivity index (χ3n) is 4.55. The molecule has 1 aliphatic rings. The molecular formula is C14H25O2. The lowest BCUT2D eigenvalue weighted by Crippen LogP contribution is -2.45. The molecule has 0 N–H and O–H groups in total. The maximum Gasteiger partial charge on any atom is 0.418 e. The monoisotopic (exact) mass is 225 g/mol. The van der Waals surface area contributed by atoms with E-state index < -0.39 is 0 Å². The number of hydrogen-bond acceptors (Lipinski definition) is 2. The standard InChI is InChI=1S/C14H25O2/c1-5-14(6-2,16-10-15)13-8-7-11(3)9-12(13)4/h11-13H,5-9H2,1-4H3. The zero-order valence-corrected chi connectivity index (χ0v) is 11.1. The molecule has 0 bridgehead atoms. The van der Waals surface area contributed by atoms with Crippen LogP contribution < -0.4 is 0 Å². The molecule has 0 aromatic carbocycles. The fourth-order valence-electron chi connectivity index (χ4n) is 3.52. The van der Waals surface area contributed by atoms with Crippen LogP contribution >= 0.6 is 0 Å². The topological polar surface area (TPSA) is 26.3 Å². The Hall–Kier alpha value is -0.530. The van der Waals surface area contributed by atoms with Crippen molar-refractivity contribution in [2.45, 2.75) is 65.4 Å². The minimum Gasteiger partial charge on any atom is -0.450 e. The third kappa shape index (κ3) is 2.58. The molecule has 2 nitrogen and oxygen atoms in total. The molecule has 2 heteroatoms. The zero-order valence-electron chi connectivity index (χ0n) is 11.1. The van der Waals surface area contributed by atoms with Gasteiger partial charge in [0.1, 0.15) is 5.60 Å². The van der Waals surface area contributed by atoms with Crippen molar-refractivity contribution in [2.24, 2.45) is 17.8 Å². The smallest absolute Gasteiger partial charge is 0.418 e. The van der Waals surface area contributed by atoms with E-state index in [0.717, 1.165) is 18.8 Å². The third-order valence-corrected chi connectivity index (χ3v) is 4.55. The van der Waals surface area contributed by atoms with Crippen molar-refractivity contribution >= 4 is 6.47 Å². The summed E-state index contributed by atoms with van der Waals surface area (Å²) in [6, 6.07) is 0. The van der Waals surface area contributed by atoms with Gasteiger partial charge in [-0.15, -0.1) is 0 Å². The van der Waals surface area contributed by atoms with Crippen molar-refractivity contribution in [3.63, 3.8) is 0 Å². The maximum atomic E-state index is 10.6. The van der Waals surface area contributed by atoms with Crippen LogP contribution in [-0.4, -0.2) is 12.1 Å². The fourth-order valence-corrected chi connectivity index (χ4v) is 3.52. The Morgan fingerprint density at radius 3 is 2.31 bits per heavy atom. The van der Waals surface area contributed by atoms with Gasteiger partial charge in [-0.1, -0.05) is 34.1 Å². The van der Waals surface area contributed by atoms with Gasteiger partial charge in [0.25, 0.3) is 0 Å². The lowest BCUT2D eigenvalue weighted by atomic mass is 9.66. The van der Waals surface area contributed by atoms with Crippen molar-refractivity contribution in [1.29, 1.82) is 0 Å². The van der Waals surface area contributed by atoms with Crippen molar-refractivity contribution in [3.8, 4) is 0 Å². The summed E-state index contributed by atoms with van der Waals surface area (Å²) in [5.74, 6) is 1.98. The highest BCUT2D eigenvalue weighted by Crippen LogP contribution is 2.44. The van der Waals surface area contributed by atoms with Gasteiger partial charge in [0.2, 0.25) is 0 Å². The van der Waals surface area contributed by atoms with Gasteiger partial charge in [0.15, 0.2) is 0 Å². The van der Waals surface area contributed by atoms with E-state index in [1.165, 1.54) is 19.3 Å². The van der Waals surface area contributed by atoms with E-state index in [2.05, 4.69) is 27.7 Å². The van der Waals surface area contributed by atoms with Gasteiger partial charge in [0, 0.05) is 5.92 Å². The Morgan fingerprint density at radius 1 is 1.25 bits per heavy atom. The van der Waals surface area contributed by atoms with Crippen LogP contribution in [0.25, 0.3) is 0 Å². The Morgan fingerprint density at radius 2 is 1.88 bits per heavy atom. The summed E-state index contributed by atoms with van der Waals surface area (Å²) in [4.78, 5) is 10.6. The molecule has 1 fully saturated rings. The lowest BCUT2D eigenvalue weighted by Gasteiger charge is -2.44. The van der Waals surface area contributed by atoms with Gasteiger partial charge in [-0.05, 0) is 37.5 Å². The predicted octanol–water partition coefficient (Wildman–Crippen LogP) is 3.70. The van der Waals surface area contributed by atoms with Crippen LogP contribution in [0.1, 0.15) is 59.8 Å². The van der Waals surface area contributed by atoms with Crippen molar-refractivity contribution < 1.29 is 9.53 Å². The molecule has 0 aromatic heterocycles. The second-order valence-electron chi connectivity index (χ2n) is 5.46. The molecule has 0 spiro atoms. The molecule has 0 saturated heterocycles. The summed E-state index contributed by atoms with van der Waals surface area (Å²) in [7, 11) is 0. The van der Waals surface area contributed by atoms with Gasteiger partial charge in [-0.2, -0.15) is 0 Å². The van der Waals surface area contributed by atoms with E-state index in [4.69, 9.17) is 4.74 Å². The first-order chi connectivity index (χ1) is 7.59. The molecule has 0 amide bonds. The van der Waals surface area contributed by atoms with Gasteiger partial charge < -0.3 is 4.74 Å². The van der Waals surface area contributed by atoms with Gasteiger partial charge in [-0.3, -0.25) is 0 Å². The van der Waals surface area contributed by atoms with Crippen LogP contribution in [0.4, 0.5) is 0 Å². The van der Waals surface area contributed by atoms with Crippen LogP contribution in [0.5, 0.6) is 0 Å². The van der Waals surface area contributed by atoms with Gasteiger partial charge >= 0.3 is 6.47 Å². The predicted molar refractivity (Wildman–Crippen MR) is 65.8 cm³/mol. The molecule has 93 valence electrons. The second kappa shape index (κ2) is 5.70. The molecule has 1 saturated carbocycles. The first-order valence-electron chi connectivity index (χ1n) is 6.64. The summed E-state index contributed by atoms with van der Waals surface area (Å²) in [5, 5.41) is 0. The first-order valence-corrected chi connectivity index (χ1v) is 6.64. The molecule has 0 aromatic rings. The van der Waals surface area contributed by atoms with Crippen molar-refractivity contribution in [2.75, 3.05) is 0 Å². The van der Waals surface area contributed by atoms with E-state index in [0.29, 0.717) is 11.8 Å². The molecule has 0 heterocycles. The minimum atomic E-state index is -0.263. The molecule has 0 aliphatic heterocycles. The van der Waals surface area contributed by atoms with Crippen molar-refractivity contribution in [3.05, 3.63) is 0 Å². The van der Waals surface area contributed by atoms with Crippen LogP contribution in [0.2, 0.25) is 0 Å². The maximum absolute atomic E-state index is 10.6. The molecule has 3 unspecified atom stereocenters. The summed E-state index contributed by atoms with van der Waals surface area (Å²) in [5.41, 5.74) is -0.263. The van der Waals surface area contributed by atoms with Crippen LogP contribution in [0.3, 0.4) is 0 Å². The highest BCUT2D eigenvalue weighted by atomic mass is 16.5. The first kappa shape index (κ1) is 13.5. The second-order valence-corrected chi connectivity index (χ2v) is 5.46. The molecule has 1 aliphatic carbocycles. The largest absolute Gasteiger partial charge is 0.450 e. The molecule has 1 radical (unpaired) electrons. The Balaban J connectivity index is 2.81. The van der Waals surface area contributed by atoms with Gasteiger partial charge in [-0.25, -0.2) is 4.79 Å². The highest BCUT2D eigenvalue weighted by molar-refractivity contribution is 5.39. The summed E-state index contributed by atoms with van der Waals surface area (Å²) in [6.45, 7) is 10.5. The van der Waals surface area contributed by atoms with Crippen LogP contribution in [-0.2, 0) is 9.53 Å². The quantitative estimate of drug-likeness (QED) is 0.713.